The first-order chi connectivity index (χ1) is 12.5. The maximum Gasteiger partial charge on any atom is 0.335 e. The van der Waals surface area contributed by atoms with E-state index in [-0.39, 0.29) is 24.1 Å². The summed E-state index contributed by atoms with van der Waals surface area (Å²) in [5.74, 6) is -0.424. The SMILES string of the molecule is C=CCCCC(CCCCCC(CC)OC(=O)CC)OC(=O)C(C)OC. The predicted octanol–water partition coefficient (Wildman–Crippen LogP) is 4.97. The molecule has 0 aromatic rings. The average molecular weight is 371 g/mol. The van der Waals surface area contributed by atoms with Crippen molar-refractivity contribution in [2.45, 2.75) is 103 Å². The highest BCUT2D eigenvalue weighted by atomic mass is 16.6. The van der Waals surface area contributed by atoms with Gasteiger partial charge in [0.1, 0.15) is 12.2 Å². The predicted molar refractivity (Wildman–Crippen MR) is 104 cm³/mol. The van der Waals surface area contributed by atoms with Crippen molar-refractivity contribution in [2.24, 2.45) is 0 Å². The number of rotatable bonds is 16. The van der Waals surface area contributed by atoms with Crippen molar-refractivity contribution < 1.29 is 23.8 Å². The first-order valence-corrected chi connectivity index (χ1v) is 10.0. The average Bonchev–Trinajstić information content (AvgIpc) is 2.65. The maximum absolute atomic E-state index is 11.9. The molecule has 26 heavy (non-hydrogen) atoms. The zero-order valence-corrected chi connectivity index (χ0v) is 17.1. The summed E-state index contributed by atoms with van der Waals surface area (Å²) in [5, 5.41) is 0. The number of carbonyl (C=O) groups excluding carboxylic acids is 2. The lowest BCUT2D eigenvalue weighted by molar-refractivity contribution is -0.160. The zero-order chi connectivity index (χ0) is 19.8. The molecule has 0 aliphatic rings. The molecule has 0 N–H and O–H groups in total. The van der Waals surface area contributed by atoms with E-state index in [4.69, 9.17) is 14.2 Å². The fourth-order valence-corrected chi connectivity index (χ4v) is 2.64. The Morgan fingerprint density at radius 2 is 1.58 bits per heavy atom. The first-order valence-electron chi connectivity index (χ1n) is 10.0. The Kier molecular flexibility index (Phi) is 15.0. The van der Waals surface area contributed by atoms with Crippen LogP contribution in [0.2, 0.25) is 0 Å². The van der Waals surface area contributed by atoms with E-state index in [9.17, 15) is 9.59 Å². The quantitative estimate of drug-likeness (QED) is 0.218. The van der Waals surface area contributed by atoms with E-state index in [1.165, 1.54) is 7.11 Å². The molecule has 0 aromatic heterocycles. The zero-order valence-electron chi connectivity index (χ0n) is 17.1. The number of carbonyl (C=O) groups is 2. The Morgan fingerprint density at radius 1 is 0.962 bits per heavy atom. The van der Waals surface area contributed by atoms with Gasteiger partial charge in [-0.3, -0.25) is 4.79 Å². The van der Waals surface area contributed by atoms with E-state index in [2.05, 4.69) is 6.58 Å². The molecule has 5 heteroatoms. The summed E-state index contributed by atoms with van der Waals surface area (Å²) in [6.07, 6.45) is 10.1. The molecule has 0 spiro atoms. The van der Waals surface area contributed by atoms with Gasteiger partial charge in [-0.25, -0.2) is 4.79 Å². The molecular weight excluding hydrogens is 332 g/mol. The Bertz CT molecular complexity index is 394. The van der Waals surface area contributed by atoms with Crippen molar-refractivity contribution in [3.05, 3.63) is 12.7 Å². The molecule has 0 radical (unpaired) electrons. The van der Waals surface area contributed by atoms with Gasteiger partial charge in [-0.1, -0.05) is 26.3 Å². The van der Waals surface area contributed by atoms with Crippen LogP contribution in [0, 0.1) is 0 Å². The van der Waals surface area contributed by atoms with Gasteiger partial charge in [-0.15, -0.1) is 6.58 Å². The van der Waals surface area contributed by atoms with Crippen molar-refractivity contribution in [3.63, 3.8) is 0 Å². The molecule has 0 aromatic carbocycles. The normalized spacial score (nSPS) is 14.3. The lowest BCUT2D eigenvalue weighted by atomic mass is 10.0. The summed E-state index contributed by atoms with van der Waals surface area (Å²) in [5.41, 5.74) is 0. The molecular formula is C21H38O5. The second-order valence-corrected chi connectivity index (χ2v) is 6.67. The summed E-state index contributed by atoms with van der Waals surface area (Å²) in [7, 11) is 1.51. The van der Waals surface area contributed by atoms with Crippen molar-refractivity contribution in [3.8, 4) is 0 Å². The van der Waals surface area contributed by atoms with Crippen molar-refractivity contribution >= 4 is 11.9 Å². The minimum atomic E-state index is -0.532. The third kappa shape index (κ3) is 12.1. The van der Waals surface area contributed by atoms with E-state index in [0.717, 1.165) is 57.8 Å². The van der Waals surface area contributed by atoms with Crippen LogP contribution in [0.5, 0.6) is 0 Å². The van der Waals surface area contributed by atoms with Gasteiger partial charge >= 0.3 is 11.9 Å². The largest absolute Gasteiger partial charge is 0.462 e. The molecule has 0 fully saturated rings. The number of esters is 2. The topological polar surface area (TPSA) is 61.8 Å². The molecule has 152 valence electrons. The third-order valence-corrected chi connectivity index (χ3v) is 4.50. The second-order valence-electron chi connectivity index (χ2n) is 6.67. The minimum Gasteiger partial charge on any atom is -0.462 e. The van der Waals surface area contributed by atoms with E-state index in [1.807, 2.05) is 19.9 Å². The smallest absolute Gasteiger partial charge is 0.335 e. The molecule has 0 amide bonds. The van der Waals surface area contributed by atoms with Crippen LogP contribution in [0.4, 0.5) is 0 Å². The van der Waals surface area contributed by atoms with Crippen molar-refractivity contribution in [2.75, 3.05) is 7.11 Å². The summed E-state index contributed by atoms with van der Waals surface area (Å²) >= 11 is 0. The second kappa shape index (κ2) is 15.9. The number of hydrogen-bond donors (Lipinski definition) is 0. The Balaban J connectivity index is 4.19. The highest BCUT2D eigenvalue weighted by Gasteiger charge is 2.19. The molecule has 3 unspecified atom stereocenters. The highest BCUT2D eigenvalue weighted by molar-refractivity contribution is 5.74. The van der Waals surface area contributed by atoms with E-state index < -0.39 is 6.10 Å². The molecule has 0 rings (SSSR count). The summed E-state index contributed by atoms with van der Waals surface area (Å²) in [6, 6.07) is 0. The van der Waals surface area contributed by atoms with E-state index in [0.29, 0.717) is 6.42 Å². The van der Waals surface area contributed by atoms with Gasteiger partial charge < -0.3 is 14.2 Å². The van der Waals surface area contributed by atoms with Gasteiger partial charge in [0.15, 0.2) is 6.10 Å². The van der Waals surface area contributed by atoms with Crippen LogP contribution in [0.1, 0.15) is 85.0 Å². The van der Waals surface area contributed by atoms with Gasteiger partial charge in [0.05, 0.1) is 0 Å². The number of methoxy groups -OCH3 is 1. The van der Waals surface area contributed by atoms with Crippen LogP contribution < -0.4 is 0 Å². The Hall–Kier alpha value is -1.36. The van der Waals surface area contributed by atoms with Gasteiger partial charge in [0.2, 0.25) is 0 Å². The molecule has 0 saturated carbocycles. The van der Waals surface area contributed by atoms with Gasteiger partial charge in [-0.2, -0.15) is 0 Å². The van der Waals surface area contributed by atoms with Crippen LogP contribution in [0.25, 0.3) is 0 Å². The minimum absolute atomic E-state index is 0.0196. The standard InChI is InChI=1S/C21H38O5/c1-6-9-11-15-19(26-21(23)17(4)24-5)16-13-10-12-14-18(7-2)25-20(22)8-3/h6,17-19H,1,7-16H2,2-5H3. The van der Waals surface area contributed by atoms with Crippen molar-refractivity contribution in [1.82, 2.24) is 0 Å². The Morgan fingerprint density at radius 3 is 2.12 bits per heavy atom. The molecule has 0 aliphatic carbocycles. The van der Waals surface area contributed by atoms with Crippen LogP contribution in [0.15, 0.2) is 12.7 Å². The number of hydrogen-bond acceptors (Lipinski definition) is 5. The number of allylic oxidation sites excluding steroid dienone is 1. The molecule has 0 saturated heterocycles. The Labute approximate surface area is 159 Å². The molecule has 0 heterocycles. The van der Waals surface area contributed by atoms with E-state index >= 15 is 0 Å². The first kappa shape index (κ1) is 24.6. The molecule has 0 bridgehead atoms. The monoisotopic (exact) mass is 370 g/mol. The molecule has 0 aliphatic heterocycles. The maximum atomic E-state index is 11.9. The molecule has 3 atom stereocenters. The number of unbranched alkanes of at least 4 members (excludes halogenated alkanes) is 3. The molecule has 5 nitrogen and oxygen atoms in total. The van der Waals surface area contributed by atoms with Gasteiger partial charge in [0.25, 0.3) is 0 Å². The van der Waals surface area contributed by atoms with Crippen molar-refractivity contribution in [1.29, 1.82) is 0 Å². The lowest BCUT2D eigenvalue weighted by Gasteiger charge is -2.20. The van der Waals surface area contributed by atoms with Gasteiger partial charge in [-0.05, 0) is 58.3 Å². The summed E-state index contributed by atoms with van der Waals surface area (Å²) < 4.78 is 16.0. The van der Waals surface area contributed by atoms with Crippen LogP contribution in [-0.4, -0.2) is 37.4 Å². The number of ether oxygens (including phenoxy) is 3. The fraction of sp³-hybridized carbons (Fsp3) is 0.810. The highest BCUT2D eigenvalue weighted by Crippen LogP contribution is 2.17. The van der Waals surface area contributed by atoms with E-state index in [1.54, 1.807) is 6.92 Å². The lowest BCUT2D eigenvalue weighted by Crippen LogP contribution is -2.27. The van der Waals surface area contributed by atoms with Crippen LogP contribution in [-0.2, 0) is 23.8 Å². The fourth-order valence-electron chi connectivity index (χ4n) is 2.64. The third-order valence-electron chi connectivity index (χ3n) is 4.50. The van der Waals surface area contributed by atoms with Crippen LogP contribution in [0.3, 0.4) is 0 Å². The van der Waals surface area contributed by atoms with Gasteiger partial charge in [0, 0.05) is 13.5 Å². The summed E-state index contributed by atoms with van der Waals surface area (Å²) in [4.78, 5) is 23.3. The summed E-state index contributed by atoms with van der Waals surface area (Å²) in [6.45, 7) is 9.29. The van der Waals surface area contributed by atoms with Crippen LogP contribution >= 0.6 is 0 Å².